The van der Waals surface area contributed by atoms with E-state index in [0.29, 0.717) is 21.5 Å². The molecule has 0 atom stereocenters. The summed E-state index contributed by atoms with van der Waals surface area (Å²) in [6.45, 7) is 1.98. The lowest BCUT2D eigenvalue weighted by atomic mass is 10.1. The molecule has 2 aromatic carbocycles. The number of nitrogens with one attached hydrogen (secondary N) is 1. The Bertz CT molecular complexity index is 1240. The highest BCUT2D eigenvalue weighted by Crippen LogP contribution is 2.32. The average molecular weight is 452 g/mol. The van der Waals surface area contributed by atoms with Crippen LogP contribution in [0.3, 0.4) is 0 Å². The predicted octanol–water partition coefficient (Wildman–Crippen LogP) is 4.94. The van der Waals surface area contributed by atoms with Crippen molar-refractivity contribution in [3.63, 3.8) is 0 Å². The molecule has 2 aromatic heterocycles. The number of para-hydroxylation sites is 1. The van der Waals surface area contributed by atoms with Crippen LogP contribution in [0.15, 0.2) is 71.5 Å². The van der Waals surface area contributed by atoms with Gasteiger partial charge in [0.2, 0.25) is 5.91 Å². The Labute approximate surface area is 186 Å². The van der Waals surface area contributed by atoms with E-state index in [9.17, 15) is 14.9 Å². The number of carbonyl (C=O) groups excluding carboxylic acids is 1. The van der Waals surface area contributed by atoms with Crippen molar-refractivity contribution in [3.05, 3.63) is 82.0 Å². The molecule has 10 heteroatoms. The summed E-state index contributed by atoms with van der Waals surface area (Å²) in [5, 5.41) is 16.9. The molecule has 4 aromatic rings. The van der Waals surface area contributed by atoms with Gasteiger partial charge in [0.1, 0.15) is 0 Å². The maximum Gasteiger partial charge on any atom is 0.270 e. The van der Waals surface area contributed by atoms with E-state index in [4.69, 9.17) is 0 Å². The van der Waals surface area contributed by atoms with Crippen LogP contribution in [0.5, 0.6) is 0 Å². The first kappa shape index (κ1) is 20.8. The van der Waals surface area contributed by atoms with Gasteiger partial charge in [-0.1, -0.05) is 42.1 Å². The third-order valence-electron chi connectivity index (χ3n) is 4.45. The number of hydrogen-bond acceptors (Lipinski definition) is 7. The topological polar surface area (TPSA) is 103 Å². The van der Waals surface area contributed by atoms with E-state index in [-0.39, 0.29) is 17.3 Å². The number of anilines is 1. The Morgan fingerprint density at radius 1 is 1.23 bits per heavy atom. The van der Waals surface area contributed by atoms with Crippen molar-refractivity contribution < 1.29 is 9.72 Å². The van der Waals surface area contributed by atoms with Gasteiger partial charge in [0.25, 0.3) is 5.69 Å². The number of thioether (sulfide) groups is 1. The Kier molecular flexibility index (Phi) is 6.10. The quantitative estimate of drug-likeness (QED) is 0.242. The molecule has 0 spiro atoms. The van der Waals surface area contributed by atoms with Crippen LogP contribution in [0.2, 0.25) is 0 Å². The molecular weight excluding hydrogens is 434 g/mol. The van der Waals surface area contributed by atoms with E-state index < -0.39 is 4.92 Å². The van der Waals surface area contributed by atoms with Gasteiger partial charge in [-0.05, 0) is 18.6 Å². The molecule has 0 aliphatic rings. The van der Waals surface area contributed by atoms with Crippen molar-refractivity contribution in [2.24, 2.45) is 0 Å². The smallest absolute Gasteiger partial charge is 0.270 e. The van der Waals surface area contributed by atoms with Gasteiger partial charge in [-0.2, -0.15) is 0 Å². The minimum atomic E-state index is -0.420. The number of hydrogen-bond donors (Lipinski definition) is 1. The number of rotatable bonds is 7. The fraction of sp³-hybridized carbons (Fsp3) is 0.0952. The molecule has 4 rings (SSSR count). The van der Waals surface area contributed by atoms with Crippen molar-refractivity contribution in [2.75, 3.05) is 11.1 Å². The molecular formula is C21H17N5O3S2. The number of nitro groups is 1. The first-order valence-corrected chi connectivity index (χ1v) is 11.1. The third kappa shape index (κ3) is 4.65. The molecule has 0 aliphatic heterocycles. The molecule has 0 fully saturated rings. The van der Waals surface area contributed by atoms with Crippen LogP contribution in [-0.2, 0) is 4.79 Å². The molecule has 2 heterocycles. The number of non-ortho nitro benzene ring substituents is 1. The van der Waals surface area contributed by atoms with Gasteiger partial charge in [-0.3, -0.25) is 19.5 Å². The number of aromatic nitrogens is 3. The van der Waals surface area contributed by atoms with Gasteiger partial charge in [-0.25, -0.2) is 9.97 Å². The number of benzene rings is 2. The van der Waals surface area contributed by atoms with Gasteiger partial charge >= 0.3 is 0 Å². The lowest BCUT2D eigenvalue weighted by Crippen LogP contribution is -2.14. The minimum absolute atomic E-state index is 0.00654. The number of nitrogens with zero attached hydrogens (tertiary/aromatic N) is 4. The van der Waals surface area contributed by atoms with Gasteiger partial charge in [-0.15, -0.1) is 11.3 Å². The number of carbonyl (C=O) groups is 1. The maximum atomic E-state index is 12.3. The lowest BCUT2D eigenvalue weighted by molar-refractivity contribution is -0.384. The van der Waals surface area contributed by atoms with E-state index in [1.165, 1.54) is 35.2 Å². The van der Waals surface area contributed by atoms with Crippen molar-refractivity contribution >= 4 is 39.8 Å². The van der Waals surface area contributed by atoms with Gasteiger partial charge in [0.05, 0.1) is 28.3 Å². The molecule has 0 aliphatic carbocycles. The first-order chi connectivity index (χ1) is 15.0. The van der Waals surface area contributed by atoms with Crippen LogP contribution in [0.1, 0.15) is 5.56 Å². The Morgan fingerprint density at radius 3 is 2.81 bits per heavy atom. The minimum Gasteiger partial charge on any atom is -0.301 e. The fourth-order valence-corrected chi connectivity index (χ4v) is 4.37. The summed E-state index contributed by atoms with van der Waals surface area (Å²) >= 11 is 2.64. The summed E-state index contributed by atoms with van der Waals surface area (Å²) in [6, 6.07) is 14.2. The Morgan fingerprint density at radius 2 is 2.06 bits per heavy atom. The predicted molar refractivity (Wildman–Crippen MR) is 122 cm³/mol. The highest BCUT2D eigenvalue weighted by Gasteiger charge is 2.18. The maximum absolute atomic E-state index is 12.3. The molecule has 0 saturated heterocycles. The summed E-state index contributed by atoms with van der Waals surface area (Å²) in [5.74, 6) is -0.0344. The van der Waals surface area contributed by atoms with Gasteiger partial charge in [0.15, 0.2) is 10.3 Å². The van der Waals surface area contributed by atoms with Crippen LogP contribution in [-0.4, -0.2) is 31.1 Å². The van der Waals surface area contributed by atoms with Crippen LogP contribution in [0.4, 0.5) is 10.8 Å². The molecule has 0 saturated carbocycles. The van der Waals surface area contributed by atoms with Crippen LogP contribution >= 0.6 is 23.1 Å². The van der Waals surface area contributed by atoms with E-state index in [1.54, 1.807) is 23.8 Å². The lowest BCUT2D eigenvalue weighted by Gasteiger charge is -2.14. The van der Waals surface area contributed by atoms with Crippen molar-refractivity contribution in [2.45, 2.75) is 12.1 Å². The van der Waals surface area contributed by atoms with Crippen LogP contribution < -0.4 is 5.32 Å². The van der Waals surface area contributed by atoms with E-state index >= 15 is 0 Å². The molecule has 8 nitrogen and oxygen atoms in total. The van der Waals surface area contributed by atoms with Crippen LogP contribution in [0, 0.1) is 17.0 Å². The highest BCUT2D eigenvalue weighted by molar-refractivity contribution is 7.99. The molecule has 156 valence electrons. The van der Waals surface area contributed by atoms with E-state index in [2.05, 4.69) is 15.3 Å². The van der Waals surface area contributed by atoms with E-state index in [0.717, 1.165) is 11.3 Å². The monoisotopic (exact) mass is 451 g/mol. The van der Waals surface area contributed by atoms with Crippen LogP contribution in [0.25, 0.3) is 16.9 Å². The van der Waals surface area contributed by atoms with Crippen molar-refractivity contribution in [1.82, 2.24) is 14.5 Å². The van der Waals surface area contributed by atoms with E-state index in [1.807, 2.05) is 41.8 Å². The number of imidazole rings is 1. The number of nitro benzene ring substituents is 1. The highest BCUT2D eigenvalue weighted by atomic mass is 32.2. The first-order valence-electron chi connectivity index (χ1n) is 9.23. The summed E-state index contributed by atoms with van der Waals surface area (Å²) in [6.07, 6.45) is 3.30. The molecule has 0 bridgehead atoms. The second-order valence-electron chi connectivity index (χ2n) is 6.53. The van der Waals surface area contributed by atoms with Gasteiger partial charge in [0, 0.05) is 29.3 Å². The normalized spacial score (nSPS) is 10.7. The summed E-state index contributed by atoms with van der Waals surface area (Å²) in [7, 11) is 0. The summed E-state index contributed by atoms with van der Waals surface area (Å²) in [4.78, 5) is 31.7. The molecule has 1 amide bonds. The zero-order chi connectivity index (χ0) is 21.8. The zero-order valence-electron chi connectivity index (χ0n) is 16.4. The molecule has 0 radical (unpaired) electrons. The molecule has 31 heavy (non-hydrogen) atoms. The summed E-state index contributed by atoms with van der Waals surface area (Å²) in [5.41, 5.74) is 3.29. The molecule has 1 N–H and O–H groups in total. The Balaban J connectivity index is 1.69. The Hall–Kier alpha value is -3.50. The van der Waals surface area contributed by atoms with Crippen molar-refractivity contribution in [3.8, 4) is 16.9 Å². The fourth-order valence-electron chi connectivity index (χ4n) is 3.04. The average Bonchev–Trinajstić information content (AvgIpc) is 3.42. The largest absolute Gasteiger partial charge is 0.301 e. The standard InChI is InChI=1S/C21H17N5O3S2/c1-14-5-2-3-8-17(14)25-18(15-6-4-7-16(11-15)26(28)29)12-23-21(25)31-13-19(27)24-20-22-9-10-30-20/h2-12H,13H2,1H3,(H,22,24,27). The number of aryl methyl sites for hydroxylation is 1. The number of amides is 1. The second-order valence-corrected chi connectivity index (χ2v) is 8.37. The van der Waals surface area contributed by atoms with Crippen molar-refractivity contribution in [1.29, 1.82) is 0 Å². The SMILES string of the molecule is Cc1ccccc1-n1c(-c2cccc([N+](=O)[O-])c2)cnc1SCC(=O)Nc1nccs1. The van der Waals surface area contributed by atoms with Gasteiger partial charge < -0.3 is 5.32 Å². The third-order valence-corrected chi connectivity index (χ3v) is 6.09. The molecule has 0 unspecified atom stereocenters. The second kappa shape index (κ2) is 9.11. The number of thiazole rings is 1. The zero-order valence-corrected chi connectivity index (χ0v) is 18.0. The summed E-state index contributed by atoms with van der Waals surface area (Å²) < 4.78 is 1.93.